The lowest BCUT2D eigenvalue weighted by atomic mass is 10.3. The normalized spacial score (nSPS) is 17.0. The Morgan fingerprint density at radius 3 is 2.05 bits per heavy atom. The summed E-state index contributed by atoms with van der Waals surface area (Å²) >= 11 is 3.64. The predicted octanol–water partition coefficient (Wildman–Crippen LogP) is -4.87. The van der Waals surface area contributed by atoms with Crippen molar-refractivity contribution in [1.29, 1.82) is 0 Å². The van der Waals surface area contributed by atoms with Crippen molar-refractivity contribution in [3.63, 3.8) is 0 Å². The van der Waals surface area contributed by atoms with Gasteiger partial charge in [0.25, 0.3) is 0 Å². The van der Waals surface area contributed by atoms with Crippen molar-refractivity contribution >= 4 is 22.7 Å². The van der Waals surface area contributed by atoms with Crippen molar-refractivity contribution in [2.45, 2.75) is 0 Å². The van der Waals surface area contributed by atoms with E-state index < -0.39 is 10.2 Å². The van der Waals surface area contributed by atoms with E-state index in [4.69, 9.17) is 23.7 Å². The second-order valence-electron chi connectivity index (χ2n) is 3.70. The Kier molecular flexibility index (Phi) is 7.36. The number of halogens is 1. The molecule has 0 aromatic carbocycles. The zero-order chi connectivity index (χ0) is 14.3. The SMILES string of the molecule is OCCN1CC[N+](=c2sccs2)CC1.[O-][Cl+3]([O-])([O-])[O-]. The second-order valence-corrected chi connectivity index (χ2v) is 6.51. The monoisotopic (exact) mass is 330 g/mol. The highest BCUT2D eigenvalue weighted by Gasteiger charge is 2.18. The zero-order valence-electron chi connectivity index (χ0n) is 10.1. The maximum Gasteiger partial charge on any atom is 0.313 e. The highest BCUT2D eigenvalue weighted by atomic mass is 35.7. The summed E-state index contributed by atoms with van der Waals surface area (Å²) in [7, 11) is -4.94. The van der Waals surface area contributed by atoms with E-state index in [1.807, 2.05) is 22.7 Å². The molecule has 1 aliphatic rings. The van der Waals surface area contributed by atoms with E-state index in [0.717, 1.165) is 32.7 Å². The van der Waals surface area contributed by atoms with Crippen LogP contribution in [0.25, 0.3) is 0 Å². The molecule has 2 rings (SSSR count). The first-order valence-electron chi connectivity index (χ1n) is 5.45. The molecule has 0 saturated carbocycles. The van der Waals surface area contributed by atoms with Crippen LogP contribution in [0.15, 0.2) is 10.8 Å². The molecule has 1 aromatic rings. The molecule has 2 heterocycles. The zero-order valence-corrected chi connectivity index (χ0v) is 12.5. The van der Waals surface area contributed by atoms with Crippen molar-refractivity contribution in [1.82, 2.24) is 9.48 Å². The van der Waals surface area contributed by atoms with Gasteiger partial charge in [0.2, 0.25) is 0 Å². The first-order valence-corrected chi connectivity index (χ1v) is 8.44. The van der Waals surface area contributed by atoms with E-state index in [1.54, 1.807) is 0 Å². The Morgan fingerprint density at radius 1 is 1.16 bits per heavy atom. The van der Waals surface area contributed by atoms with Crippen molar-refractivity contribution in [2.24, 2.45) is 0 Å². The van der Waals surface area contributed by atoms with Crippen LogP contribution in [-0.2, 0) is 0 Å². The smallest absolute Gasteiger partial charge is 0.313 e. The number of aliphatic hydroxyl groups is 1. The minimum Gasteiger partial charge on any atom is -0.395 e. The molecule has 0 aliphatic carbocycles. The van der Waals surface area contributed by atoms with Gasteiger partial charge in [-0.3, -0.25) is 4.90 Å². The molecule has 10 heteroatoms. The number of aliphatic hydroxyl groups excluding tert-OH is 1. The molecule has 0 radical (unpaired) electrons. The van der Waals surface area contributed by atoms with Gasteiger partial charge >= 0.3 is 3.98 Å². The summed E-state index contributed by atoms with van der Waals surface area (Å²) in [4.78, 5) is 2.31. The average molecular weight is 331 g/mol. The fourth-order valence-electron chi connectivity index (χ4n) is 1.64. The second kappa shape index (κ2) is 8.25. The minimum atomic E-state index is -4.94. The number of nitrogens with zero attached hydrogens (tertiary/aromatic N) is 2. The predicted molar refractivity (Wildman–Crippen MR) is 60.7 cm³/mol. The van der Waals surface area contributed by atoms with Crippen molar-refractivity contribution in [3.8, 4) is 0 Å². The topological polar surface area (TPSA) is 119 Å². The van der Waals surface area contributed by atoms with E-state index in [2.05, 4.69) is 20.2 Å². The van der Waals surface area contributed by atoms with E-state index in [-0.39, 0.29) is 6.61 Å². The average Bonchev–Trinajstić information content (AvgIpc) is 2.82. The van der Waals surface area contributed by atoms with Crippen LogP contribution < -0.4 is 27.2 Å². The van der Waals surface area contributed by atoms with E-state index in [0.29, 0.717) is 0 Å². The maximum absolute atomic E-state index is 8.82. The van der Waals surface area contributed by atoms with Gasteiger partial charge in [0.15, 0.2) is 13.1 Å². The fraction of sp³-hybridized carbons (Fsp3) is 0.667. The van der Waals surface area contributed by atoms with Gasteiger partial charge in [0.05, 0.1) is 19.7 Å². The third kappa shape index (κ3) is 7.92. The standard InChI is InChI=1S/C9H15N2OS2.ClHO4/c12-6-5-10-1-3-11(4-2-10)9-13-7-8-14-9;2-1(3,4)5/h7-8,12H,1-6H2;(H,2,3,4,5)/q+1;/p-1. The summed E-state index contributed by atoms with van der Waals surface area (Å²) in [6.45, 7) is 5.44. The number of hydrogen-bond acceptors (Lipinski definition) is 8. The Labute approximate surface area is 120 Å². The third-order valence-electron chi connectivity index (χ3n) is 2.44. The van der Waals surface area contributed by atoms with Gasteiger partial charge in [0, 0.05) is 17.3 Å². The molecular formula is C9H15ClN2O5S2. The van der Waals surface area contributed by atoms with Crippen LogP contribution >= 0.6 is 22.7 Å². The van der Waals surface area contributed by atoms with Gasteiger partial charge in [-0.05, 0) is 0 Å². The number of piperazine rings is 1. The molecule has 0 spiro atoms. The molecular weight excluding hydrogens is 316 g/mol. The molecule has 1 aliphatic heterocycles. The molecule has 7 nitrogen and oxygen atoms in total. The Bertz CT molecular complexity index is 398. The van der Waals surface area contributed by atoms with Crippen LogP contribution in [0.4, 0.5) is 0 Å². The molecule has 0 bridgehead atoms. The highest BCUT2D eigenvalue weighted by molar-refractivity contribution is 7.24. The van der Waals surface area contributed by atoms with Crippen LogP contribution in [0.1, 0.15) is 0 Å². The van der Waals surface area contributed by atoms with Crippen LogP contribution in [0.5, 0.6) is 0 Å². The molecule has 0 amide bonds. The molecule has 0 unspecified atom stereocenters. The van der Waals surface area contributed by atoms with Gasteiger partial charge < -0.3 is 5.11 Å². The van der Waals surface area contributed by atoms with Gasteiger partial charge in [-0.25, -0.2) is 23.2 Å². The molecule has 1 saturated heterocycles. The van der Waals surface area contributed by atoms with Crippen molar-refractivity contribution in [3.05, 3.63) is 14.7 Å². The Balaban J connectivity index is 0.000000312. The van der Waals surface area contributed by atoms with Crippen molar-refractivity contribution < 1.29 is 34.0 Å². The van der Waals surface area contributed by atoms with Crippen LogP contribution in [0.2, 0.25) is 0 Å². The third-order valence-corrected chi connectivity index (χ3v) is 4.65. The number of hydrogen-bond donors (Lipinski definition) is 1. The fourth-order valence-corrected chi connectivity index (χ4v) is 3.54. The van der Waals surface area contributed by atoms with E-state index >= 15 is 0 Å². The molecule has 1 fully saturated rings. The summed E-state index contributed by atoms with van der Waals surface area (Å²) in [6, 6.07) is 0. The first-order chi connectivity index (χ1) is 8.90. The molecule has 110 valence electrons. The molecule has 1 N–H and O–H groups in total. The first kappa shape index (κ1) is 17.0. The summed E-state index contributed by atoms with van der Waals surface area (Å²) in [5.74, 6) is 0. The maximum atomic E-state index is 8.82. The summed E-state index contributed by atoms with van der Waals surface area (Å²) < 4.78 is 37.8. The van der Waals surface area contributed by atoms with E-state index in [9.17, 15) is 0 Å². The van der Waals surface area contributed by atoms with Gasteiger partial charge in [0.1, 0.15) is 0 Å². The van der Waals surface area contributed by atoms with Gasteiger partial charge in [-0.2, -0.15) is 0 Å². The lowest BCUT2D eigenvalue weighted by molar-refractivity contribution is -2.00. The molecule has 1 aromatic heterocycles. The lowest BCUT2D eigenvalue weighted by Crippen LogP contribution is -2.68. The molecule has 0 atom stereocenters. The quantitative estimate of drug-likeness (QED) is 0.543. The molecule has 19 heavy (non-hydrogen) atoms. The Hall–Kier alpha value is -0.100. The summed E-state index contributed by atoms with van der Waals surface area (Å²) in [5.41, 5.74) is 0. The van der Waals surface area contributed by atoms with Crippen LogP contribution in [0, 0.1) is 10.2 Å². The van der Waals surface area contributed by atoms with Crippen molar-refractivity contribution in [2.75, 3.05) is 39.3 Å². The van der Waals surface area contributed by atoms with E-state index in [1.165, 1.54) is 3.98 Å². The lowest BCUT2D eigenvalue weighted by Gasteiger charge is -2.23. The highest BCUT2D eigenvalue weighted by Crippen LogP contribution is 1.97. The van der Waals surface area contributed by atoms with Gasteiger partial charge in [-0.1, -0.05) is 22.7 Å². The summed E-state index contributed by atoms with van der Waals surface area (Å²) in [6.07, 6.45) is 0. The Morgan fingerprint density at radius 2 is 1.63 bits per heavy atom. The van der Waals surface area contributed by atoms with Crippen LogP contribution in [0.3, 0.4) is 0 Å². The minimum absolute atomic E-state index is 0.279. The largest absolute Gasteiger partial charge is 0.395 e. The number of β-amino-alcohol motifs (C(OH)–C–C–N with tert-alkyl or cyclic N) is 1. The summed E-state index contributed by atoms with van der Waals surface area (Å²) in [5, 5.41) is 13.1. The van der Waals surface area contributed by atoms with Gasteiger partial charge in [-0.15, -0.1) is 10.2 Å². The van der Waals surface area contributed by atoms with Crippen LogP contribution in [-0.4, -0.2) is 49.3 Å². The number of rotatable bonds is 2.